The topological polar surface area (TPSA) is 75.9 Å². The molecule has 0 aliphatic heterocycles. The molecule has 5 N–H and O–H groups in total. The van der Waals surface area contributed by atoms with Crippen LogP contribution >= 0.6 is 0 Å². The van der Waals surface area contributed by atoms with E-state index in [0.717, 1.165) is 6.42 Å². The fraction of sp³-hybridized carbons (Fsp3) is 0.500. The molecule has 0 aromatic rings. The molecule has 0 radical (unpaired) electrons. The summed E-state index contributed by atoms with van der Waals surface area (Å²) in [5.74, 6) is 0.0545. The summed E-state index contributed by atoms with van der Waals surface area (Å²) in [6.45, 7) is 1.98. The van der Waals surface area contributed by atoms with Gasteiger partial charge >= 0.3 is 0 Å². The maximum absolute atomic E-state index is 6.80. The maximum atomic E-state index is 6.80. The maximum Gasteiger partial charge on any atom is 0.115 e. The molecule has 0 rings (SSSR count). The Bertz CT molecular complexity index is 117. The minimum atomic E-state index is 0.0360. The van der Waals surface area contributed by atoms with E-state index >= 15 is 0 Å². The van der Waals surface area contributed by atoms with E-state index in [4.69, 9.17) is 16.9 Å². The zero-order chi connectivity index (χ0) is 7.28. The first-order chi connectivity index (χ1) is 4.16. The molecule has 0 fully saturated rings. The predicted octanol–water partition coefficient (Wildman–Crippen LogP) is 0.216. The van der Waals surface area contributed by atoms with Gasteiger partial charge in [0.25, 0.3) is 0 Å². The predicted molar refractivity (Wildman–Crippen MR) is 39.3 cm³/mol. The van der Waals surface area contributed by atoms with E-state index in [-0.39, 0.29) is 11.9 Å². The molecular weight excluding hydrogens is 114 g/mol. The van der Waals surface area contributed by atoms with E-state index in [1.807, 2.05) is 6.92 Å². The second kappa shape index (κ2) is 4.09. The van der Waals surface area contributed by atoms with Crippen LogP contribution in [0.25, 0.3) is 0 Å². The van der Waals surface area contributed by atoms with Crippen LogP contribution in [-0.4, -0.2) is 11.9 Å². The van der Waals surface area contributed by atoms with Crippen LogP contribution in [0, 0.1) is 5.41 Å². The average Bonchev–Trinajstić information content (AvgIpc) is 1.83. The van der Waals surface area contributed by atoms with E-state index in [9.17, 15) is 0 Å². The Hall–Kier alpha value is -0.830. The third-order valence-corrected chi connectivity index (χ3v) is 0.994. The van der Waals surface area contributed by atoms with Crippen LogP contribution in [0.3, 0.4) is 0 Å². The molecule has 1 atom stereocenters. The van der Waals surface area contributed by atoms with Gasteiger partial charge in [0.15, 0.2) is 0 Å². The van der Waals surface area contributed by atoms with Gasteiger partial charge in [0, 0.05) is 6.04 Å². The molecule has 52 valence electrons. The Labute approximate surface area is 55.2 Å². The largest absolute Gasteiger partial charge is 0.384 e. The molecule has 3 nitrogen and oxygen atoms in total. The van der Waals surface area contributed by atoms with Crippen LogP contribution in [0.1, 0.15) is 13.3 Å². The molecule has 9 heavy (non-hydrogen) atoms. The Balaban J connectivity index is 3.56. The van der Waals surface area contributed by atoms with Gasteiger partial charge in [-0.25, -0.2) is 0 Å². The molecule has 0 aliphatic rings. The van der Waals surface area contributed by atoms with Crippen molar-refractivity contribution in [1.82, 2.24) is 0 Å². The zero-order valence-corrected chi connectivity index (χ0v) is 5.59. The standard InChI is InChI=1S/C6H13N3/c1-2-5(7)3-4-6(8)9/h3-5H,2,7H2,1H3,(H3,8,9)/b4-3+. The van der Waals surface area contributed by atoms with Crippen molar-refractivity contribution < 1.29 is 0 Å². The van der Waals surface area contributed by atoms with E-state index in [1.54, 1.807) is 6.08 Å². The number of nitrogens with two attached hydrogens (primary N) is 2. The molecule has 0 heterocycles. The van der Waals surface area contributed by atoms with Crippen molar-refractivity contribution in [1.29, 1.82) is 5.41 Å². The highest BCUT2D eigenvalue weighted by Crippen LogP contribution is 1.86. The minimum Gasteiger partial charge on any atom is -0.384 e. The van der Waals surface area contributed by atoms with Crippen molar-refractivity contribution in [3.63, 3.8) is 0 Å². The summed E-state index contributed by atoms with van der Waals surface area (Å²) < 4.78 is 0. The van der Waals surface area contributed by atoms with Crippen LogP contribution in [0.2, 0.25) is 0 Å². The van der Waals surface area contributed by atoms with Gasteiger partial charge in [-0.3, -0.25) is 5.41 Å². The number of hydrogen-bond donors (Lipinski definition) is 3. The van der Waals surface area contributed by atoms with Crippen LogP contribution in [-0.2, 0) is 0 Å². The monoisotopic (exact) mass is 127 g/mol. The van der Waals surface area contributed by atoms with Crippen molar-refractivity contribution in [3.05, 3.63) is 12.2 Å². The third-order valence-electron chi connectivity index (χ3n) is 0.994. The molecule has 3 heteroatoms. The van der Waals surface area contributed by atoms with E-state index in [0.29, 0.717) is 0 Å². The molecular formula is C6H13N3. The summed E-state index contributed by atoms with van der Waals surface area (Å²) in [7, 11) is 0. The quantitative estimate of drug-likeness (QED) is 0.374. The molecule has 0 aliphatic carbocycles. The lowest BCUT2D eigenvalue weighted by atomic mass is 10.2. The second-order valence-corrected chi connectivity index (χ2v) is 1.89. The van der Waals surface area contributed by atoms with Gasteiger partial charge in [-0.05, 0) is 12.5 Å². The van der Waals surface area contributed by atoms with Gasteiger partial charge in [0.05, 0.1) is 0 Å². The van der Waals surface area contributed by atoms with Gasteiger partial charge in [-0.2, -0.15) is 0 Å². The summed E-state index contributed by atoms with van der Waals surface area (Å²) in [5, 5.41) is 6.80. The fourth-order valence-electron chi connectivity index (χ4n) is 0.363. The lowest BCUT2D eigenvalue weighted by Crippen LogP contribution is -2.16. The van der Waals surface area contributed by atoms with Gasteiger partial charge in [-0.15, -0.1) is 0 Å². The van der Waals surface area contributed by atoms with Gasteiger partial charge in [-0.1, -0.05) is 13.0 Å². The summed E-state index contributed by atoms with van der Waals surface area (Å²) >= 11 is 0. The molecule has 0 aromatic carbocycles. The van der Waals surface area contributed by atoms with Crippen LogP contribution in [0.15, 0.2) is 12.2 Å². The lowest BCUT2D eigenvalue weighted by Gasteiger charge is -1.98. The van der Waals surface area contributed by atoms with E-state index < -0.39 is 0 Å². The number of nitrogens with one attached hydrogen (secondary N) is 1. The number of rotatable bonds is 3. The third kappa shape index (κ3) is 5.03. The van der Waals surface area contributed by atoms with Crippen molar-refractivity contribution in [2.24, 2.45) is 11.5 Å². The molecule has 0 bridgehead atoms. The molecule has 0 saturated carbocycles. The van der Waals surface area contributed by atoms with Gasteiger partial charge in [0.1, 0.15) is 5.84 Å². The van der Waals surface area contributed by atoms with Crippen LogP contribution < -0.4 is 11.5 Å². The highest BCUT2D eigenvalue weighted by Gasteiger charge is 1.89. The first-order valence-electron chi connectivity index (χ1n) is 2.94. The normalized spacial score (nSPS) is 14.0. The zero-order valence-electron chi connectivity index (χ0n) is 5.59. The first-order valence-corrected chi connectivity index (χ1v) is 2.94. The van der Waals surface area contributed by atoms with E-state index in [1.165, 1.54) is 6.08 Å². The smallest absolute Gasteiger partial charge is 0.115 e. The molecule has 0 saturated heterocycles. The van der Waals surface area contributed by atoms with Crippen molar-refractivity contribution in [3.8, 4) is 0 Å². The average molecular weight is 127 g/mol. The van der Waals surface area contributed by atoms with Crippen molar-refractivity contribution in [2.75, 3.05) is 0 Å². The molecule has 0 aromatic heterocycles. The molecule has 1 unspecified atom stereocenters. The Kier molecular flexibility index (Phi) is 3.71. The van der Waals surface area contributed by atoms with Crippen LogP contribution in [0.4, 0.5) is 0 Å². The Morgan fingerprint density at radius 2 is 2.33 bits per heavy atom. The Morgan fingerprint density at radius 1 is 1.78 bits per heavy atom. The summed E-state index contributed by atoms with van der Waals surface area (Å²) in [5.41, 5.74) is 10.5. The number of hydrogen-bond acceptors (Lipinski definition) is 2. The Morgan fingerprint density at radius 3 is 2.67 bits per heavy atom. The molecule has 0 spiro atoms. The lowest BCUT2D eigenvalue weighted by molar-refractivity contribution is 0.783. The first kappa shape index (κ1) is 8.17. The summed E-state index contributed by atoms with van der Waals surface area (Å²) in [4.78, 5) is 0. The van der Waals surface area contributed by atoms with Crippen molar-refractivity contribution >= 4 is 5.84 Å². The number of amidine groups is 1. The van der Waals surface area contributed by atoms with Gasteiger partial charge < -0.3 is 11.5 Å². The van der Waals surface area contributed by atoms with Crippen molar-refractivity contribution in [2.45, 2.75) is 19.4 Å². The van der Waals surface area contributed by atoms with Crippen LogP contribution in [0.5, 0.6) is 0 Å². The minimum absolute atomic E-state index is 0.0360. The second-order valence-electron chi connectivity index (χ2n) is 1.89. The molecule has 0 amide bonds. The summed E-state index contributed by atoms with van der Waals surface area (Å²) in [6.07, 6.45) is 4.11. The highest BCUT2D eigenvalue weighted by atomic mass is 14.7. The SMILES string of the molecule is CCC(N)/C=C/C(=N)N. The fourth-order valence-corrected chi connectivity index (χ4v) is 0.363. The highest BCUT2D eigenvalue weighted by molar-refractivity contribution is 5.88. The van der Waals surface area contributed by atoms with E-state index in [2.05, 4.69) is 0 Å². The summed E-state index contributed by atoms with van der Waals surface area (Å²) in [6, 6.07) is 0.0360. The van der Waals surface area contributed by atoms with Gasteiger partial charge in [0.2, 0.25) is 0 Å².